The Bertz CT molecular complexity index is 577. The molecule has 2 aromatic rings. The van der Waals surface area contributed by atoms with Crippen molar-refractivity contribution in [2.45, 2.75) is 13.5 Å². The molecule has 0 aliphatic heterocycles. The zero-order chi connectivity index (χ0) is 13.1. The summed E-state index contributed by atoms with van der Waals surface area (Å²) in [4.78, 5) is 12.9. The smallest absolute Gasteiger partial charge is 0.180 e. The summed E-state index contributed by atoms with van der Waals surface area (Å²) < 4.78 is 5.74. The van der Waals surface area contributed by atoms with E-state index in [0.717, 1.165) is 11.3 Å². The van der Waals surface area contributed by atoms with E-state index in [1.807, 2.05) is 19.1 Å². The lowest BCUT2D eigenvalue weighted by Crippen LogP contribution is -2.01. The maximum atomic E-state index is 6.08. The van der Waals surface area contributed by atoms with Crippen LogP contribution in [-0.4, -0.2) is 22.1 Å². The summed E-state index contributed by atoms with van der Waals surface area (Å²) in [5.41, 5.74) is 2.43. The zero-order valence-electron chi connectivity index (χ0n) is 9.94. The Labute approximate surface area is 119 Å². The maximum Gasteiger partial charge on any atom is 0.180 e. The molecule has 0 saturated carbocycles. The van der Waals surface area contributed by atoms with Crippen LogP contribution in [0.3, 0.4) is 0 Å². The predicted molar refractivity (Wildman–Crippen MR) is 73.4 cm³/mol. The fourth-order valence-electron chi connectivity index (χ4n) is 1.52. The molecule has 0 amide bonds. The number of ether oxygens (including phenoxy) is 1. The summed E-state index contributed by atoms with van der Waals surface area (Å²) in [6.07, 6.45) is 1.71. The summed E-state index contributed by atoms with van der Waals surface area (Å²) in [7, 11) is 1.61. The topological polar surface area (TPSA) is 47.9 Å². The number of aryl methyl sites for hydroxylation is 1. The first-order valence-electron chi connectivity index (χ1n) is 5.26. The highest BCUT2D eigenvalue weighted by Crippen LogP contribution is 2.27. The minimum atomic E-state index is 0.358. The Morgan fingerprint density at radius 3 is 2.83 bits per heavy atom. The van der Waals surface area contributed by atoms with Gasteiger partial charge in [-0.2, -0.15) is 0 Å². The van der Waals surface area contributed by atoms with E-state index in [1.165, 1.54) is 0 Å². The van der Waals surface area contributed by atoms with Crippen LogP contribution < -0.4 is 0 Å². The second-order valence-electron chi connectivity index (χ2n) is 3.70. The van der Waals surface area contributed by atoms with Gasteiger partial charge in [-0.25, -0.2) is 9.97 Å². The van der Waals surface area contributed by atoms with Crippen LogP contribution in [0.1, 0.15) is 11.3 Å². The van der Waals surface area contributed by atoms with E-state index in [1.54, 1.807) is 13.3 Å². The van der Waals surface area contributed by atoms with Crippen LogP contribution in [0.15, 0.2) is 22.8 Å². The Balaban J connectivity index is 2.56. The zero-order valence-corrected chi connectivity index (χ0v) is 12.3. The highest BCUT2D eigenvalue weighted by molar-refractivity contribution is 9.10. The van der Waals surface area contributed by atoms with Crippen molar-refractivity contribution in [3.8, 4) is 11.5 Å². The lowest BCUT2D eigenvalue weighted by molar-refractivity contribution is 0.181. The van der Waals surface area contributed by atoms with Gasteiger partial charge in [-0.15, -0.1) is 0 Å². The summed E-state index contributed by atoms with van der Waals surface area (Å²) in [5, 5.41) is 0.358. The molecule has 0 bridgehead atoms. The molecule has 6 heteroatoms. The van der Waals surface area contributed by atoms with Gasteiger partial charge in [0.15, 0.2) is 5.82 Å². The van der Waals surface area contributed by atoms with E-state index in [4.69, 9.17) is 16.3 Å². The highest BCUT2D eigenvalue weighted by atomic mass is 79.9. The number of hydrogen-bond acceptors (Lipinski definition) is 4. The van der Waals surface area contributed by atoms with Gasteiger partial charge in [0.2, 0.25) is 0 Å². The number of methoxy groups -OCH3 is 1. The van der Waals surface area contributed by atoms with E-state index in [0.29, 0.717) is 27.8 Å². The molecule has 0 N–H and O–H groups in total. The molecule has 2 rings (SSSR count). The standard InChI is InChI=1S/C12H11BrClN3O/c1-7-4-3-5-15-10(7)12-16-8(6-18-2)9(13)11(14)17-12/h3-5H,6H2,1-2H3. The number of rotatable bonds is 3. The van der Waals surface area contributed by atoms with Crippen molar-refractivity contribution < 1.29 is 4.74 Å². The predicted octanol–water partition coefficient (Wildman–Crippen LogP) is 3.41. The van der Waals surface area contributed by atoms with Gasteiger partial charge >= 0.3 is 0 Å². The van der Waals surface area contributed by atoms with Gasteiger partial charge in [0.25, 0.3) is 0 Å². The first kappa shape index (κ1) is 13.4. The van der Waals surface area contributed by atoms with Crippen LogP contribution in [0.4, 0.5) is 0 Å². The number of aromatic nitrogens is 3. The van der Waals surface area contributed by atoms with Crippen molar-refractivity contribution >= 4 is 27.5 Å². The van der Waals surface area contributed by atoms with Crippen molar-refractivity contribution in [3.05, 3.63) is 39.2 Å². The summed E-state index contributed by atoms with van der Waals surface area (Å²) >= 11 is 9.42. The van der Waals surface area contributed by atoms with Crippen LogP contribution in [0.25, 0.3) is 11.5 Å². The number of nitrogens with zero attached hydrogens (tertiary/aromatic N) is 3. The van der Waals surface area contributed by atoms with Gasteiger partial charge in [0.1, 0.15) is 10.8 Å². The Morgan fingerprint density at radius 1 is 1.39 bits per heavy atom. The molecule has 0 unspecified atom stereocenters. The van der Waals surface area contributed by atoms with Crippen molar-refractivity contribution in [1.29, 1.82) is 0 Å². The van der Waals surface area contributed by atoms with Crippen molar-refractivity contribution in [2.75, 3.05) is 7.11 Å². The van der Waals surface area contributed by atoms with Gasteiger partial charge in [0, 0.05) is 13.3 Å². The van der Waals surface area contributed by atoms with E-state index >= 15 is 0 Å². The van der Waals surface area contributed by atoms with E-state index in [9.17, 15) is 0 Å². The minimum absolute atomic E-state index is 0.358. The van der Waals surface area contributed by atoms with E-state index in [2.05, 4.69) is 30.9 Å². The lowest BCUT2D eigenvalue weighted by atomic mass is 10.2. The number of pyridine rings is 1. The molecule has 2 heterocycles. The minimum Gasteiger partial charge on any atom is -0.378 e. The quantitative estimate of drug-likeness (QED) is 0.810. The molecule has 0 aromatic carbocycles. The second-order valence-corrected chi connectivity index (χ2v) is 4.85. The molecule has 94 valence electrons. The second kappa shape index (κ2) is 5.73. The van der Waals surface area contributed by atoms with Crippen LogP contribution in [0.2, 0.25) is 5.15 Å². The molecule has 0 fully saturated rings. The molecule has 2 aromatic heterocycles. The highest BCUT2D eigenvalue weighted by Gasteiger charge is 2.13. The van der Waals surface area contributed by atoms with Crippen molar-refractivity contribution in [2.24, 2.45) is 0 Å². The summed E-state index contributed by atoms with van der Waals surface area (Å²) in [6.45, 7) is 2.32. The average Bonchev–Trinajstić information content (AvgIpc) is 2.35. The number of halogens is 2. The van der Waals surface area contributed by atoms with E-state index < -0.39 is 0 Å². The van der Waals surface area contributed by atoms with Gasteiger partial charge < -0.3 is 4.74 Å². The molecule has 0 aliphatic carbocycles. The third-order valence-electron chi connectivity index (χ3n) is 2.38. The molecule has 0 spiro atoms. The lowest BCUT2D eigenvalue weighted by Gasteiger charge is -2.08. The van der Waals surface area contributed by atoms with Crippen LogP contribution in [0.5, 0.6) is 0 Å². The molecule has 4 nitrogen and oxygen atoms in total. The van der Waals surface area contributed by atoms with Gasteiger partial charge in [-0.05, 0) is 34.5 Å². The monoisotopic (exact) mass is 327 g/mol. The fraction of sp³-hybridized carbons (Fsp3) is 0.250. The molecular weight excluding hydrogens is 318 g/mol. The molecule has 18 heavy (non-hydrogen) atoms. The van der Waals surface area contributed by atoms with Crippen molar-refractivity contribution in [3.63, 3.8) is 0 Å². The largest absolute Gasteiger partial charge is 0.378 e. The normalized spacial score (nSPS) is 10.7. The van der Waals surface area contributed by atoms with Crippen LogP contribution in [-0.2, 0) is 11.3 Å². The van der Waals surface area contributed by atoms with Crippen LogP contribution >= 0.6 is 27.5 Å². The van der Waals surface area contributed by atoms with E-state index in [-0.39, 0.29) is 0 Å². The first-order chi connectivity index (χ1) is 8.63. The Kier molecular flexibility index (Phi) is 4.27. The third kappa shape index (κ3) is 2.68. The average molecular weight is 329 g/mol. The van der Waals surface area contributed by atoms with Crippen LogP contribution in [0, 0.1) is 6.92 Å². The summed E-state index contributed by atoms with van der Waals surface area (Å²) in [5.74, 6) is 0.508. The molecule has 0 aliphatic rings. The molecule has 0 saturated heterocycles. The summed E-state index contributed by atoms with van der Waals surface area (Å²) in [6, 6.07) is 3.83. The molecule has 0 atom stereocenters. The Morgan fingerprint density at radius 2 is 2.17 bits per heavy atom. The first-order valence-corrected chi connectivity index (χ1v) is 6.43. The Hall–Kier alpha value is -1.04. The van der Waals surface area contributed by atoms with Crippen molar-refractivity contribution in [1.82, 2.24) is 15.0 Å². The fourth-order valence-corrected chi connectivity index (χ4v) is 2.00. The van der Waals surface area contributed by atoms with Gasteiger partial charge in [0.05, 0.1) is 16.8 Å². The SMILES string of the molecule is COCc1nc(-c2ncccc2C)nc(Cl)c1Br. The maximum absolute atomic E-state index is 6.08. The number of hydrogen-bond donors (Lipinski definition) is 0. The molecular formula is C12H11BrClN3O. The molecule has 0 radical (unpaired) electrons. The van der Waals surface area contributed by atoms with Gasteiger partial charge in [-0.1, -0.05) is 17.7 Å². The third-order valence-corrected chi connectivity index (χ3v) is 3.72. The van der Waals surface area contributed by atoms with Gasteiger partial charge in [-0.3, -0.25) is 4.98 Å².